The van der Waals surface area contributed by atoms with Crippen LogP contribution in [0.15, 0.2) is 61.2 Å². The van der Waals surface area contributed by atoms with E-state index < -0.39 is 0 Å². The van der Waals surface area contributed by atoms with Gasteiger partial charge in [-0.25, -0.2) is 14.6 Å². The molecule has 1 N–H and O–H groups in total. The highest BCUT2D eigenvalue weighted by Gasteiger charge is 2.07. The molecule has 1 aromatic carbocycles. The number of benzene rings is 1. The van der Waals surface area contributed by atoms with E-state index in [1.54, 1.807) is 24.7 Å². The first kappa shape index (κ1) is 12.3. The highest BCUT2D eigenvalue weighted by molar-refractivity contribution is 5.39. The van der Waals surface area contributed by atoms with Crippen LogP contribution in [-0.2, 0) is 0 Å². The summed E-state index contributed by atoms with van der Waals surface area (Å²) in [7, 11) is 0. The van der Waals surface area contributed by atoms with Crippen LogP contribution in [0.3, 0.4) is 0 Å². The summed E-state index contributed by atoms with van der Waals surface area (Å²) >= 11 is 0. The average Bonchev–Trinajstić information content (AvgIpc) is 3.03. The van der Waals surface area contributed by atoms with Crippen molar-refractivity contribution in [1.82, 2.24) is 19.7 Å². The molecule has 0 bridgehead atoms. The summed E-state index contributed by atoms with van der Waals surface area (Å²) in [5.41, 5.74) is 2.19. The van der Waals surface area contributed by atoms with Gasteiger partial charge in [0.15, 0.2) is 0 Å². The van der Waals surface area contributed by atoms with Crippen LogP contribution >= 0.6 is 0 Å². The maximum Gasteiger partial charge on any atom is 0.223 e. The number of hydrogen-bond donors (Lipinski definition) is 1. The summed E-state index contributed by atoms with van der Waals surface area (Å²) in [6.07, 6.45) is 7.15. The molecule has 5 heteroatoms. The number of nitrogens with zero attached hydrogens (tertiary/aromatic N) is 4. The highest BCUT2D eigenvalue weighted by atomic mass is 15.3. The molecule has 0 spiro atoms. The predicted molar refractivity (Wildman–Crippen MR) is 77.6 cm³/mol. The summed E-state index contributed by atoms with van der Waals surface area (Å²) in [6, 6.07) is 12.1. The van der Waals surface area contributed by atoms with Gasteiger partial charge in [0, 0.05) is 24.8 Å². The van der Waals surface area contributed by atoms with Crippen LogP contribution in [0.5, 0.6) is 0 Å². The third-order valence-electron chi connectivity index (χ3n) is 3.05. The van der Waals surface area contributed by atoms with Gasteiger partial charge in [-0.1, -0.05) is 12.1 Å². The minimum atomic E-state index is 0.118. The van der Waals surface area contributed by atoms with Gasteiger partial charge in [-0.3, -0.25) is 0 Å². The molecule has 0 radical (unpaired) electrons. The zero-order chi connectivity index (χ0) is 13.8. The second kappa shape index (κ2) is 5.52. The molecule has 0 unspecified atom stereocenters. The van der Waals surface area contributed by atoms with Gasteiger partial charge in [-0.15, -0.1) is 0 Å². The van der Waals surface area contributed by atoms with Crippen LogP contribution in [0.4, 0.5) is 5.95 Å². The van der Waals surface area contributed by atoms with E-state index in [9.17, 15) is 0 Å². The molecular formula is C15H15N5. The van der Waals surface area contributed by atoms with E-state index in [0.717, 1.165) is 11.3 Å². The van der Waals surface area contributed by atoms with Gasteiger partial charge in [0.05, 0.1) is 11.7 Å². The number of nitrogens with one attached hydrogen (secondary N) is 1. The van der Waals surface area contributed by atoms with Crippen molar-refractivity contribution in [2.24, 2.45) is 0 Å². The molecule has 100 valence electrons. The Morgan fingerprint density at radius 2 is 1.90 bits per heavy atom. The first-order valence-electron chi connectivity index (χ1n) is 6.46. The van der Waals surface area contributed by atoms with Gasteiger partial charge in [-0.05, 0) is 36.8 Å². The van der Waals surface area contributed by atoms with Crippen LogP contribution < -0.4 is 5.32 Å². The van der Waals surface area contributed by atoms with E-state index in [0.29, 0.717) is 5.95 Å². The van der Waals surface area contributed by atoms with Gasteiger partial charge in [0.25, 0.3) is 0 Å². The lowest BCUT2D eigenvalue weighted by molar-refractivity contribution is 0.842. The molecule has 0 saturated heterocycles. The lowest BCUT2D eigenvalue weighted by Crippen LogP contribution is -2.09. The van der Waals surface area contributed by atoms with Crippen LogP contribution in [0.2, 0.25) is 0 Å². The topological polar surface area (TPSA) is 55.6 Å². The smallest absolute Gasteiger partial charge is 0.223 e. The monoisotopic (exact) mass is 265 g/mol. The molecule has 3 rings (SSSR count). The Kier molecular flexibility index (Phi) is 3.41. The molecular weight excluding hydrogens is 250 g/mol. The van der Waals surface area contributed by atoms with E-state index >= 15 is 0 Å². The number of aromatic nitrogens is 4. The SMILES string of the molecule is C[C@H](Nc1ncccn1)c1cccc(-n2cccn2)c1. The molecule has 3 aromatic rings. The molecule has 0 aliphatic carbocycles. The van der Waals surface area contributed by atoms with Gasteiger partial charge in [-0.2, -0.15) is 5.10 Å². The van der Waals surface area contributed by atoms with Crippen molar-refractivity contribution < 1.29 is 0 Å². The van der Waals surface area contributed by atoms with Crippen molar-refractivity contribution in [3.8, 4) is 5.69 Å². The molecule has 0 amide bonds. The molecule has 5 nitrogen and oxygen atoms in total. The fourth-order valence-corrected chi connectivity index (χ4v) is 2.01. The first-order valence-corrected chi connectivity index (χ1v) is 6.46. The minimum Gasteiger partial charge on any atom is -0.348 e. The number of anilines is 1. The second-order valence-corrected chi connectivity index (χ2v) is 4.48. The highest BCUT2D eigenvalue weighted by Crippen LogP contribution is 2.19. The van der Waals surface area contributed by atoms with Gasteiger partial charge < -0.3 is 5.32 Å². The Bertz CT molecular complexity index is 664. The lowest BCUT2D eigenvalue weighted by atomic mass is 10.1. The Labute approximate surface area is 117 Å². The number of hydrogen-bond acceptors (Lipinski definition) is 4. The van der Waals surface area contributed by atoms with Gasteiger partial charge in [0.1, 0.15) is 0 Å². The maximum atomic E-state index is 4.24. The molecule has 0 aliphatic heterocycles. The van der Waals surface area contributed by atoms with Crippen LogP contribution in [0, 0.1) is 0 Å². The molecule has 1 atom stereocenters. The summed E-state index contributed by atoms with van der Waals surface area (Å²) in [5, 5.41) is 7.52. The quantitative estimate of drug-likeness (QED) is 0.788. The minimum absolute atomic E-state index is 0.118. The average molecular weight is 265 g/mol. The van der Waals surface area contributed by atoms with E-state index in [-0.39, 0.29) is 6.04 Å². The molecule has 20 heavy (non-hydrogen) atoms. The summed E-state index contributed by atoms with van der Waals surface area (Å²) < 4.78 is 1.84. The van der Waals surface area contributed by atoms with Crippen molar-refractivity contribution in [2.75, 3.05) is 5.32 Å². The van der Waals surface area contributed by atoms with Gasteiger partial charge in [0.2, 0.25) is 5.95 Å². The molecule has 2 heterocycles. The molecule has 2 aromatic heterocycles. The molecule has 0 aliphatic rings. The Morgan fingerprint density at radius 1 is 1.05 bits per heavy atom. The van der Waals surface area contributed by atoms with Crippen LogP contribution in [-0.4, -0.2) is 19.7 Å². The summed E-state index contributed by atoms with van der Waals surface area (Å²) in [5.74, 6) is 0.629. The molecule has 0 saturated carbocycles. The van der Waals surface area contributed by atoms with E-state index in [2.05, 4.69) is 39.4 Å². The van der Waals surface area contributed by atoms with Gasteiger partial charge >= 0.3 is 0 Å². The van der Waals surface area contributed by atoms with Crippen molar-refractivity contribution in [3.63, 3.8) is 0 Å². The van der Waals surface area contributed by atoms with E-state index in [1.165, 1.54) is 0 Å². The largest absolute Gasteiger partial charge is 0.348 e. The standard InChI is InChI=1S/C15H15N5/c1-12(19-15-16-7-3-8-17-15)13-5-2-6-14(11-13)20-10-4-9-18-20/h2-12H,1H3,(H,16,17,19)/t12-/m0/s1. The second-order valence-electron chi connectivity index (χ2n) is 4.48. The third kappa shape index (κ3) is 2.66. The summed E-state index contributed by atoms with van der Waals surface area (Å²) in [4.78, 5) is 8.35. The predicted octanol–water partition coefficient (Wildman–Crippen LogP) is 2.84. The normalized spacial score (nSPS) is 12.1. The maximum absolute atomic E-state index is 4.24. The fraction of sp³-hybridized carbons (Fsp3) is 0.133. The fourth-order valence-electron chi connectivity index (χ4n) is 2.01. The Morgan fingerprint density at radius 3 is 2.65 bits per heavy atom. The van der Waals surface area contributed by atoms with Crippen molar-refractivity contribution in [3.05, 3.63) is 66.7 Å². The van der Waals surface area contributed by atoms with Crippen LogP contribution in [0.1, 0.15) is 18.5 Å². The van der Waals surface area contributed by atoms with Crippen molar-refractivity contribution >= 4 is 5.95 Å². The Balaban J connectivity index is 1.82. The lowest BCUT2D eigenvalue weighted by Gasteiger charge is -2.15. The zero-order valence-electron chi connectivity index (χ0n) is 11.1. The number of rotatable bonds is 4. The van der Waals surface area contributed by atoms with Crippen LogP contribution in [0.25, 0.3) is 5.69 Å². The third-order valence-corrected chi connectivity index (χ3v) is 3.05. The van der Waals surface area contributed by atoms with Crippen molar-refractivity contribution in [1.29, 1.82) is 0 Å². The first-order chi connectivity index (χ1) is 9.83. The van der Waals surface area contributed by atoms with Crippen molar-refractivity contribution in [2.45, 2.75) is 13.0 Å². The Hall–Kier alpha value is -2.69. The molecule has 0 fully saturated rings. The zero-order valence-corrected chi connectivity index (χ0v) is 11.1. The van der Waals surface area contributed by atoms with E-state index in [4.69, 9.17) is 0 Å². The summed E-state index contributed by atoms with van der Waals surface area (Å²) in [6.45, 7) is 2.08. The van der Waals surface area contributed by atoms with E-state index in [1.807, 2.05) is 29.1 Å².